The van der Waals surface area contributed by atoms with E-state index < -0.39 is 0 Å². The van der Waals surface area contributed by atoms with Crippen LogP contribution in [-0.2, 0) is 0 Å². The topological polar surface area (TPSA) is 38.9 Å². The highest BCUT2D eigenvalue weighted by molar-refractivity contribution is 14.1. The van der Waals surface area contributed by atoms with Crippen molar-refractivity contribution in [2.75, 3.05) is 5.73 Å². The van der Waals surface area contributed by atoms with E-state index in [9.17, 15) is 4.39 Å². The maximum Gasteiger partial charge on any atom is 0.137 e. The molecule has 2 N–H and O–H groups in total. The fourth-order valence-electron chi connectivity index (χ4n) is 1.19. The van der Waals surface area contributed by atoms with Gasteiger partial charge in [0.15, 0.2) is 0 Å². The molecule has 0 fully saturated rings. The molecule has 0 saturated heterocycles. The van der Waals surface area contributed by atoms with Gasteiger partial charge in [0.25, 0.3) is 0 Å². The third kappa shape index (κ3) is 1.46. The first kappa shape index (κ1) is 8.68. The molecule has 0 unspecified atom stereocenters. The molecule has 0 aliphatic carbocycles. The molecule has 2 rings (SSSR count). The van der Waals surface area contributed by atoms with Crippen molar-refractivity contribution in [3.8, 4) is 0 Å². The summed E-state index contributed by atoms with van der Waals surface area (Å²) < 4.78 is 13.7. The Kier molecular flexibility index (Phi) is 2.07. The molecule has 0 amide bonds. The summed E-state index contributed by atoms with van der Waals surface area (Å²) in [6.45, 7) is 0. The number of anilines is 1. The molecular weight excluding hydrogens is 282 g/mol. The molecular formula is C9H6FIN2. The molecule has 0 aliphatic heterocycles. The van der Waals surface area contributed by atoms with E-state index in [2.05, 4.69) is 4.98 Å². The Bertz CT molecular complexity index is 470. The molecule has 0 radical (unpaired) electrons. The van der Waals surface area contributed by atoms with Gasteiger partial charge in [-0.15, -0.1) is 0 Å². The average Bonchev–Trinajstić information content (AvgIpc) is 2.09. The quantitative estimate of drug-likeness (QED) is 0.757. The zero-order chi connectivity index (χ0) is 9.42. The Labute approximate surface area is 88.1 Å². The van der Waals surface area contributed by atoms with Gasteiger partial charge in [0.1, 0.15) is 11.6 Å². The highest BCUT2D eigenvalue weighted by atomic mass is 127. The van der Waals surface area contributed by atoms with Gasteiger partial charge < -0.3 is 5.73 Å². The summed E-state index contributed by atoms with van der Waals surface area (Å²) in [7, 11) is 0. The highest BCUT2D eigenvalue weighted by Crippen LogP contribution is 2.23. The van der Waals surface area contributed by atoms with E-state index in [0.29, 0.717) is 14.8 Å². The van der Waals surface area contributed by atoms with Gasteiger partial charge in [0.2, 0.25) is 0 Å². The van der Waals surface area contributed by atoms with Crippen LogP contribution < -0.4 is 5.73 Å². The Hall–Kier alpha value is -0.910. The molecule has 2 aromatic rings. The van der Waals surface area contributed by atoms with Gasteiger partial charge in [0.05, 0.1) is 0 Å². The number of benzene rings is 1. The number of pyridine rings is 1. The van der Waals surface area contributed by atoms with Crippen molar-refractivity contribution in [3.05, 3.63) is 33.8 Å². The molecule has 4 heteroatoms. The molecule has 2 nitrogen and oxygen atoms in total. The predicted molar refractivity (Wildman–Crippen MR) is 58.8 cm³/mol. The zero-order valence-corrected chi connectivity index (χ0v) is 8.75. The number of hydrogen-bond donors (Lipinski definition) is 1. The van der Waals surface area contributed by atoms with Gasteiger partial charge in [-0.3, -0.25) is 0 Å². The lowest BCUT2D eigenvalue weighted by molar-refractivity contribution is 0.622. The summed E-state index contributed by atoms with van der Waals surface area (Å²) in [6, 6.07) is 4.98. The second-order valence-corrected chi connectivity index (χ2v) is 3.85. The first-order valence-electron chi connectivity index (χ1n) is 3.68. The van der Waals surface area contributed by atoms with Gasteiger partial charge in [0, 0.05) is 15.2 Å². The van der Waals surface area contributed by atoms with Crippen molar-refractivity contribution in [3.63, 3.8) is 0 Å². The van der Waals surface area contributed by atoms with Crippen molar-refractivity contribution >= 4 is 39.2 Å². The third-order valence-corrected chi connectivity index (χ3v) is 2.66. The molecule has 0 aliphatic rings. The van der Waals surface area contributed by atoms with E-state index >= 15 is 0 Å². The van der Waals surface area contributed by atoms with Crippen LogP contribution >= 0.6 is 22.6 Å². The SMILES string of the molecule is Nc1nccc2cc(I)c(F)cc12. The van der Waals surface area contributed by atoms with Gasteiger partial charge in [-0.05, 0) is 46.2 Å². The van der Waals surface area contributed by atoms with Crippen LogP contribution in [0.5, 0.6) is 0 Å². The van der Waals surface area contributed by atoms with Crippen LogP contribution in [-0.4, -0.2) is 4.98 Å². The summed E-state index contributed by atoms with van der Waals surface area (Å²) in [5.74, 6) is 0.112. The molecule has 0 spiro atoms. The van der Waals surface area contributed by atoms with Crippen molar-refractivity contribution in [2.45, 2.75) is 0 Å². The Morgan fingerprint density at radius 1 is 1.38 bits per heavy atom. The van der Waals surface area contributed by atoms with Crippen LogP contribution in [0.2, 0.25) is 0 Å². The predicted octanol–water partition coefficient (Wildman–Crippen LogP) is 2.56. The van der Waals surface area contributed by atoms with Crippen LogP contribution in [0.1, 0.15) is 0 Å². The lowest BCUT2D eigenvalue weighted by Crippen LogP contribution is -1.92. The summed E-state index contributed by atoms with van der Waals surface area (Å²) in [5.41, 5.74) is 5.59. The minimum Gasteiger partial charge on any atom is -0.383 e. The molecule has 13 heavy (non-hydrogen) atoms. The van der Waals surface area contributed by atoms with Gasteiger partial charge in [-0.25, -0.2) is 9.37 Å². The second kappa shape index (κ2) is 3.10. The molecule has 0 saturated carbocycles. The first-order valence-corrected chi connectivity index (χ1v) is 4.75. The number of nitrogen functional groups attached to an aromatic ring is 1. The Morgan fingerprint density at radius 3 is 2.92 bits per heavy atom. The van der Waals surface area contributed by atoms with E-state index in [1.807, 2.05) is 28.7 Å². The van der Waals surface area contributed by atoms with E-state index in [1.54, 1.807) is 12.3 Å². The van der Waals surface area contributed by atoms with Crippen LogP contribution in [0, 0.1) is 9.39 Å². The normalized spacial score (nSPS) is 10.6. The maximum atomic E-state index is 13.1. The largest absolute Gasteiger partial charge is 0.383 e. The van der Waals surface area contributed by atoms with Crippen molar-refractivity contribution in [1.29, 1.82) is 0 Å². The standard InChI is InChI=1S/C9H6FIN2/c10-7-4-6-5(3-8(7)11)1-2-13-9(6)12/h1-4H,(H2,12,13). The van der Waals surface area contributed by atoms with Crippen LogP contribution in [0.3, 0.4) is 0 Å². The maximum absolute atomic E-state index is 13.1. The van der Waals surface area contributed by atoms with Crippen LogP contribution in [0.25, 0.3) is 10.8 Å². The van der Waals surface area contributed by atoms with Crippen molar-refractivity contribution in [1.82, 2.24) is 4.98 Å². The van der Waals surface area contributed by atoms with Crippen LogP contribution in [0.15, 0.2) is 24.4 Å². The summed E-state index contributed by atoms with van der Waals surface area (Å²) in [5, 5.41) is 1.58. The smallest absolute Gasteiger partial charge is 0.137 e. The number of halogens is 2. The number of fused-ring (bicyclic) bond motifs is 1. The number of rotatable bonds is 0. The third-order valence-electron chi connectivity index (χ3n) is 1.84. The number of nitrogens with zero attached hydrogens (tertiary/aromatic N) is 1. The van der Waals surface area contributed by atoms with Crippen molar-refractivity contribution in [2.24, 2.45) is 0 Å². The number of aromatic nitrogens is 1. The summed E-state index contributed by atoms with van der Waals surface area (Å²) >= 11 is 1.95. The minimum absolute atomic E-state index is 0.257. The fourth-order valence-corrected chi connectivity index (χ4v) is 1.68. The monoisotopic (exact) mass is 288 g/mol. The van der Waals surface area contributed by atoms with Gasteiger partial charge in [-0.2, -0.15) is 0 Å². The molecule has 1 aromatic heterocycles. The molecule has 1 heterocycles. The summed E-state index contributed by atoms with van der Waals surface area (Å²) in [4.78, 5) is 3.89. The van der Waals surface area contributed by atoms with E-state index in [-0.39, 0.29) is 5.82 Å². The lowest BCUT2D eigenvalue weighted by Gasteiger charge is -2.01. The van der Waals surface area contributed by atoms with Gasteiger partial charge in [-0.1, -0.05) is 0 Å². The molecule has 66 valence electrons. The Morgan fingerprint density at radius 2 is 2.15 bits per heavy atom. The number of hydrogen-bond acceptors (Lipinski definition) is 2. The fraction of sp³-hybridized carbons (Fsp3) is 0. The molecule has 0 bridgehead atoms. The lowest BCUT2D eigenvalue weighted by atomic mass is 10.1. The van der Waals surface area contributed by atoms with Crippen molar-refractivity contribution < 1.29 is 4.39 Å². The van der Waals surface area contributed by atoms with Gasteiger partial charge >= 0.3 is 0 Å². The van der Waals surface area contributed by atoms with Crippen LogP contribution in [0.4, 0.5) is 10.2 Å². The average molecular weight is 288 g/mol. The first-order chi connectivity index (χ1) is 6.18. The van der Waals surface area contributed by atoms with E-state index in [1.165, 1.54) is 6.07 Å². The summed E-state index contributed by atoms with van der Waals surface area (Å²) in [6.07, 6.45) is 1.62. The second-order valence-electron chi connectivity index (χ2n) is 2.68. The van der Waals surface area contributed by atoms with E-state index in [0.717, 1.165) is 5.39 Å². The zero-order valence-electron chi connectivity index (χ0n) is 6.59. The Balaban J connectivity index is 2.89. The molecule has 0 atom stereocenters. The number of nitrogens with two attached hydrogens (primary N) is 1. The minimum atomic E-state index is -0.257. The highest BCUT2D eigenvalue weighted by Gasteiger charge is 2.04. The van der Waals surface area contributed by atoms with E-state index in [4.69, 9.17) is 5.73 Å². The molecule has 1 aromatic carbocycles.